The number of nitrogens with one attached hydrogen (secondary N) is 1. The van der Waals surface area contributed by atoms with Crippen molar-refractivity contribution in [2.24, 2.45) is 0 Å². The summed E-state index contributed by atoms with van der Waals surface area (Å²) in [5.74, 6) is -1.49. The van der Waals surface area contributed by atoms with Gasteiger partial charge < -0.3 is 19.5 Å². The highest BCUT2D eigenvalue weighted by Gasteiger charge is 2.37. The van der Waals surface area contributed by atoms with Crippen molar-refractivity contribution in [1.29, 1.82) is 0 Å². The van der Waals surface area contributed by atoms with Crippen molar-refractivity contribution in [2.75, 3.05) is 0 Å². The molecule has 0 bridgehead atoms. The average molecular weight is 581 g/mol. The second-order valence-electron chi connectivity index (χ2n) is 13.6. The van der Waals surface area contributed by atoms with Crippen LogP contribution in [0.4, 0.5) is 4.39 Å². The van der Waals surface area contributed by atoms with Gasteiger partial charge in [0, 0.05) is 18.4 Å². The Balaban J connectivity index is 1.80. The Labute approximate surface area is 249 Å². The van der Waals surface area contributed by atoms with E-state index in [0.717, 1.165) is 33.6 Å². The summed E-state index contributed by atoms with van der Waals surface area (Å²) in [6.45, 7) is 17.3. The zero-order chi connectivity index (χ0) is 31.0. The van der Waals surface area contributed by atoms with E-state index >= 15 is 0 Å². The topological polar surface area (TPSA) is 86.8 Å². The van der Waals surface area contributed by atoms with Gasteiger partial charge in [-0.15, -0.1) is 0 Å². The highest BCUT2D eigenvalue weighted by Crippen LogP contribution is 2.40. The number of aromatic nitrogens is 1. The molecule has 0 aliphatic carbocycles. The maximum atomic E-state index is 14.0. The molecule has 2 aliphatic heterocycles. The molecule has 2 aromatic rings. The number of esters is 1. The van der Waals surface area contributed by atoms with Crippen LogP contribution in [0, 0.1) is 5.82 Å². The highest BCUT2D eigenvalue weighted by atomic mass is 19.1. The first-order chi connectivity index (χ1) is 19.4. The molecule has 1 saturated heterocycles. The Morgan fingerprint density at radius 3 is 2.43 bits per heavy atom. The third-order valence-electron chi connectivity index (χ3n) is 7.36. The summed E-state index contributed by atoms with van der Waals surface area (Å²) in [7, 11) is 0. The van der Waals surface area contributed by atoms with E-state index in [0.29, 0.717) is 19.3 Å². The molecule has 0 spiro atoms. The van der Waals surface area contributed by atoms with Crippen molar-refractivity contribution in [2.45, 2.75) is 123 Å². The van der Waals surface area contributed by atoms with Gasteiger partial charge in [0.1, 0.15) is 11.4 Å². The summed E-state index contributed by atoms with van der Waals surface area (Å²) in [4.78, 5) is 30.4. The Bertz CT molecular complexity index is 1360. The molecule has 0 unspecified atom stereocenters. The van der Waals surface area contributed by atoms with Crippen molar-refractivity contribution in [3.63, 3.8) is 0 Å². The zero-order valence-corrected chi connectivity index (χ0v) is 26.4. The SMILES string of the molecule is CC(C)c1nc2c(c(-c3ccc(F)cc3)c1C=C[C@@H]1C[C@H](CC(=O)OC(C)(C)C)OC(C)(C)O1)CCC(=O)NC2(C)C. The third kappa shape index (κ3) is 7.64. The quantitative estimate of drug-likeness (QED) is 0.372. The number of carbonyl (C=O) groups is 2. The van der Waals surface area contributed by atoms with Gasteiger partial charge in [0.25, 0.3) is 0 Å². The minimum atomic E-state index is -0.900. The van der Waals surface area contributed by atoms with Crippen LogP contribution in [0.3, 0.4) is 0 Å². The van der Waals surface area contributed by atoms with Crippen molar-refractivity contribution >= 4 is 18.0 Å². The molecular formula is C34H45FN2O5. The van der Waals surface area contributed by atoms with Crippen molar-refractivity contribution < 1.29 is 28.2 Å². The number of halogens is 1. The molecule has 0 saturated carbocycles. The van der Waals surface area contributed by atoms with Gasteiger partial charge in [-0.3, -0.25) is 14.6 Å². The minimum Gasteiger partial charge on any atom is -0.460 e. The van der Waals surface area contributed by atoms with Gasteiger partial charge in [0.05, 0.1) is 35.6 Å². The molecule has 1 aromatic carbocycles. The number of ether oxygens (including phenoxy) is 3. The Morgan fingerprint density at radius 1 is 1.14 bits per heavy atom. The molecule has 2 aliphatic rings. The smallest absolute Gasteiger partial charge is 0.308 e. The van der Waals surface area contributed by atoms with Crippen LogP contribution in [0.2, 0.25) is 0 Å². The highest BCUT2D eigenvalue weighted by molar-refractivity contribution is 5.84. The molecule has 1 amide bonds. The Kier molecular flexibility index (Phi) is 9.00. The number of benzene rings is 1. The molecule has 8 heteroatoms. The summed E-state index contributed by atoms with van der Waals surface area (Å²) < 4.78 is 31.9. The fourth-order valence-corrected chi connectivity index (χ4v) is 5.85. The van der Waals surface area contributed by atoms with Gasteiger partial charge >= 0.3 is 5.97 Å². The number of amides is 1. The summed E-state index contributed by atoms with van der Waals surface area (Å²) in [6.07, 6.45) is 4.78. The van der Waals surface area contributed by atoms with Crippen LogP contribution in [0.5, 0.6) is 0 Å². The van der Waals surface area contributed by atoms with Gasteiger partial charge in [-0.2, -0.15) is 0 Å². The molecule has 2 atom stereocenters. The molecule has 1 N–H and O–H groups in total. The van der Waals surface area contributed by atoms with Crippen LogP contribution in [-0.2, 0) is 35.8 Å². The molecule has 3 heterocycles. The predicted octanol–water partition coefficient (Wildman–Crippen LogP) is 6.96. The molecule has 1 fully saturated rings. The maximum absolute atomic E-state index is 14.0. The molecule has 4 rings (SSSR count). The Morgan fingerprint density at radius 2 is 1.81 bits per heavy atom. The monoisotopic (exact) mass is 580 g/mol. The second-order valence-corrected chi connectivity index (χ2v) is 13.6. The lowest BCUT2D eigenvalue weighted by Gasteiger charge is -2.40. The number of fused-ring (bicyclic) bond motifs is 1. The number of nitrogens with zero attached hydrogens (tertiary/aromatic N) is 1. The van der Waals surface area contributed by atoms with E-state index in [1.165, 1.54) is 12.1 Å². The lowest BCUT2D eigenvalue weighted by atomic mass is 9.84. The molecule has 1 aromatic heterocycles. The van der Waals surface area contributed by atoms with Crippen LogP contribution >= 0.6 is 0 Å². The van der Waals surface area contributed by atoms with Crippen LogP contribution in [0.25, 0.3) is 17.2 Å². The second kappa shape index (κ2) is 11.9. The number of carbonyl (C=O) groups excluding carboxylic acids is 2. The summed E-state index contributed by atoms with van der Waals surface area (Å²) in [5.41, 5.74) is 4.15. The van der Waals surface area contributed by atoms with E-state index in [4.69, 9.17) is 19.2 Å². The van der Waals surface area contributed by atoms with Crippen LogP contribution < -0.4 is 5.32 Å². The molecular weight excluding hydrogens is 535 g/mol. The normalized spacial score (nSPS) is 22.0. The van der Waals surface area contributed by atoms with Crippen molar-refractivity contribution in [3.05, 3.63) is 58.7 Å². The van der Waals surface area contributed by atoms with Gasteiger partial charge in [-0.25, -0.2) is 4.39 Å². The summed E-state index contributed by atoms with van der Waals surface area (Å²) >= 11 is 0. The summed E-state index contributed by atoms with van der Waals surface area (Å²) in [5, 5.41) is 3.12. The first-order valence-corrected chi connectivity index (χ1v) is 14.8. The molecule has 7 nitrogen and oxygen atoms in total. The van der Waals surface area contributed by atoms with E-state index in [1.54, 1.807) is 12.1 Å². The first-order valence-electron chi connectivity index (χ1n) is 14.8. The van der Waals surface area contributed by atoms with E-state index in [1.807, 2.05) is 60.6 Å². The summed E-state index contributed by atoms with van der Waals surface area (Å²) in [6, 6.07) is 6.48. The van der Waals surface area contributed by atoms with Crippen molar-refractivity contribution in [1.82, 2.24) is 10.3 Å². The molecule has 0 radical (unpaired) electrons. The van der Waals surface area contributed by atoms with Gasteiger partial charge in [0.15, 0.2) is 5.79 Å². The van der Waals surface area contributed by atoms with E-state index in [2.05, 4.69) is 19.2 Å². The number of hydrogen-bond acceptors (Lipinski definition) is 6. The molecule has 42 heavy (non-hydrogen) atoms. The Hall–Kier alpha value is -3.10. The maximum Gasteiger partial charge on any atom is 0.308 e. The van der Waals surface area contributed by atoms with Crippen LogP contribution in [0.15, 0.2) is 30.3 Å². The van der Waals surface area contributed by atoms with Crippen LogP contribution in [0.1, 0.15) is 110 Å². The minimum absolute atomic E-state index is 0.0277. The van der Waals surface area contributed by atoms with Gasteiger partial charge in [0.2, 0.25) is 5.91 Å². The number of rotatable bonds is 6. The van der Waals surface area contributed by atoms with E-state index in [-0.39, 0.29) is 42.2 Å². The number of pyridine rings is 1. The predicted molar refractivity (Wildman–Crippen MR) is 161 cm³/mol. The third-order valence-corrected chi connectivity index (χ3v) is 7.36. The first kappa shape index (κ1) is 31.8. The van der Waals surface area contributed by atoms with Gasteiger partial charge in [-0.1, -0.05) is 38.1 Å². The fraction of sp³-hybridized carbons (Fsp3) is 0.559. The van der Waals surface area contributed by atoms with Crippen LogP contribution in [-0.4, -0.2) is 40.5 Å². The average Bonchev–Trinajstić information content (AvgIpc) is 2.94. The van der Waals surface area contributed by atoms with Gasteiger partial charge in [-0.05, 0) is 89.6 Å². The number of hydrogen-bond donors (Lipinski definition) is 1. The fourth-order valence-electron chi connectivity index (χ4n) is 5.85. The molecule has 228 valence electrons. The lowest BCUT2D eigenvalue weighted by Crippen LogP contribution is -2.45. The van der Waals surface area contributed by atoms with Crippen molar-refractivity contribution in [3.8, 4) is 11.1 Å². The largest absolute Gasteiger partial charge is 0.460 e. The standard InChI is InChI=1S/C34H45FN2O5/c1-20(2)30-25(15-14-23-18-24(41-34(8,9)40-23)19-28(39)42-32(3,4)5)29(21-10-12-22(35)13-11-21)26-16-17-27(38)37-33(6,7)31(26)36-30/h10-15,20,23-24H,16-19H2,1-9H3,(H,37,38)/t23-,24-/m1/s1. The zero-order valence-electron chi connectivity index (χ0n) is 26.4. The van der Waals surface area contributed by atoms with E-state index in [9.17, 15) is 14.0 Å². The lowest BCUT2D eigenvalue weighted by molar-refractivity contribution is -0.290. The van der Waals surface area contributed by atoms with E-state index < -0.39 is 16.9 Å².